The van der Waals surface area contributed by atoms with Gasteiger partial charge >= 0.3 is 11.9 Å². The zero-order valence-corrected chi connectivity index (χ0v) is 21.4. The van der Waals surface area contributed by atoms with E-state index in [0.717, 1.165) is 16.5 Å². The predicted molar refractivity (Wildman–Crippen MR) is 143 cm³/mol. The molecule has 1 aromatic heterocycles. The number of amides is 3. The molecule has 13 nitrogen and oxygen atoms in total. The number of nitrogens with two attached hydrogens (primary N) is 1. The van der Waals surface area contributed by atoms with Crippen molar-refractivity contribution in [1.82, 2.24) is 20.9 Å². The van der Waals surface area contributed by atoms with Crippen molar-refractivity contribution in [3.63, 3.8) is 0 Å². The average molecular weight is 554 g/mol. The zero-order chi connectivity index (χ0) is 29.2. The summed E-state index contributed by atoms with van der Waals surface area (Å²) in [5.41, 5.74) is 8.40. The molecule has 0 radical (unpaired) electrons. The third-order valence-corrected chi connectivity index (χ3v) is 6.18. The normalized spacial score (nSPS) is 13.9. The molecule has 1 heterocycles. The molecule has 2 aromatic carbocycles. The molecule has 3 amide bonds. The first kappa shape index (κ1) is 29.8. The van der Waals surface area contributed by atoms with Crippen molar-refractivity contribution in [2.45, 2.75) is 43.4 Å². The molecular formula is C27H31N5O8. The molecule has 3 rings (SSSR count). The quantitative estimate of drug-likeness (QED) is 0.126. The van der Waals surface area contributed by atoms with Crippen LogP contribution in [-0.4, -0.2) is 80.7 Å². The molecule has 13 heteroatoms. The number of benzene rings is 2. The minimum atomic E-state index is -1.78. The van der Waals surface area contributed by atoms with Gasteiger partial charge in [-0.05, 0) is 23.6 Å². The number of fused-ring (bicyclic) bond motifs is 1. The van der Waals surface area contributed by atoms with Gasteiger partial charge in [0.2, 0.25) is 17.7 Å². The number of carboxylic acids is 2. The largest absolute Gasteiger partial charge is 0.481 e. The highest BCUT2D eigenvalue weighted by Crippen LogP contribution is 2.19. The fourth-order valence-corrected chi connectivity index (χ4v) is 4.08. The molecule has 0 fully saturated rings. The Kier molecular flexibility index (Phi) is 10.3. The molecule has 0 saturated heterocycles. The fraction of sp³-hybridized carbons (Fsp3) is 0.296. The van der Waals surface area contributed by atoms with Gasteiger partial charge in [-0.25, -0.2) is 4.79 Å². The number of H-pyrrole nitrogens is 1. The van der Waals surface area contributed by atoms with Crippen LogP contribution in [0.2, 0.25) is 0 Å². The summed E-state index contributed by atoms with van der Waals surface area (Å²) in [6.07, 6.45) is 0.971. The number of aliphatic hydroxyl groups excluding tert-OH is 1. The second-order valence-electron chi connectivity index (χ2n) is 9.16. The van der Waals surface area contributed by atoms with Crippen LogP contribution in [-0.2, 0) is 36.8 Å². The highest BCUT2D eigenvalue weighted by molar-refractivity contribution is 5.95. The van der Waals surface area contributed by atoms with Gasteiger partial charge in [-0.1, -0.05) is 48.5 Å². The van der Waals surface area contributed by atoms with E-state index in [1.165, 1.54) is 0 Å². The number of hydrogen-bond donors (Lipinski definition) is 8. The first-order valence-corrected chi connectivity index (χ1v) is 12.4. The van der Waals surface area contributed by atoms with Gasteiger partial charge in [0.1, 0.15) is 18.1 Å². The van der Waals surface area contributed by atoms with Crippen LogP contribution in [0.25, 0.3) is 10.9 Å². The Morgan fingerprint density at radius 1 is 0.775 bits per heavy atom. The van der Waals surface area contributed by atoms with E-state index in [0.29, 0.717) is 5.56 Å². The van der Waals surface area contributed by atoms with Crippen LogP contribution in [0.3, 0.4) is 0 Å². The smallest absolute Gasteiger partial charge is 0.326 e. The predicted octanol–water partition coefficient (Wildman–Crippen LogP) is -0.714. The van der Waals surface area contributed by atoms with Crippen LogP contribution < -0.4 is 21.7 Å². The van der Waals surface area contributed by atoms with E-state index in [2.05, 4.69) is 15.6 Å². The molecule has 0 aliphatic heterocycles. The molecule has 40 heavy (non-hydrogen) atoms. The molecule has 4 unspecified atom stereocenters. The average Bonchev–Trinajstić information content (AvgIpc) is 3.33. The topological polar surface area (TPSA) is 224 Å². The Labute approximate surface area is 228 Å². The van der Waals surface area contributed by atoms with Crippen molar-refractivity contribution in [2.24, 2.45) is 5.73 Å². The molecule has 0 saturated carbocycles. The minimum Gasteiger partial charge on any atom is -0.481 e. The lowest BCUT2D eigenvalue weighted by atomic mass is 10.0. The Bertz CT molecular complexity index is 1360. The summed E-state index contributed by atoms with van der Waals surface area (Å²) in [6.45, 7) is -0.918. The number of aliphatic hydroxyl groups is 1. The van der Waals surface area contributed by atoms with Gasteiger partial charge in [-0.3, -0.25) is 19.2 Å². The molecule has 0 spiro atoms. The summed E-state index contributed by atoms with van der Waals surface area (Å²) >= 11 is 0. The monoisotopic (exact) mass is 553 g/mol. The van der Waals surface area contributed by atoms with Gasteiger partial charge in [-0.2, -0.15) is 0 Å². The molecule has 0 bridgehead atoms. The lowest BCUT2D eigenvalue weighted by Crippen LogP contribution is -2.58. The molecular weight excluding hydrogens is 522 g/mol. The number of rotatable bonds is 14. The minimum absolute atomic E-state index is 0.00379. The summed E-state index contributed by atoms with van der Waals surface area (Å²) in [5, 5.41) is 35.6. The third kappa shape index (κ3) is 8.12. The number of nitrogens with one attached hydrogen (secondary N) is 4. The van der Waals surface area contributed by atoms with Gasteiger partial charge in [-0.15, -0.1) is 0 Å². The van der Waals surface area contributed by atoms with E-state index in [1.54, 1.807) is 18.3 Å². The Morgan fingerprint density at radius 2 is 1.38 bits per heavy atom. The van der Waals surface area contributed by atoms with E-state index in [1.807, 2.05) is 47.8 Å². The van der Waals surface area contributed by atoms with E-state index in [9.17, 15) is 34.2 Å². The molecule has 212 valence electrons. The SMILES string of the molecule is NC(Cc1ccccc1)C(=O)NC(Cc1c[nH]c2ccccc12)C(=O)NC(CO)C(=O)NC(CC(=O)O)C(=O)O. The lowest BCUT2D eigenvalue weighted by Gasteiger charge is -2.24. The van der Waals surface area contributed by atoms with Gasteiger partial charge < -0.3 is 42.0 Å². The lowest BCUT2D eigenvalue weighted by molar-refractivity contribution is -0.147. The second kappa shape index (κ2) is 13.9. The maximum atomic E-state index is 13.3. The van der Waals surface area contributed by atoms with Crippen LogP contribution in [0.1, 0.15) is 17.5 Å². The molecule has 3 aromatic rings. The van der Waals surface area contributed by atoms with Crippen LogP contribution in [0.5, 0.6) is 0 Å². The maximum Gasteiger partial charge on any atom is 0.326 e. The van der Waals surface area contributed by atoms with E-state index in [4.69, 9.17) is 10.8 Å². The third-order valence-electron chi connectivity index (χ3n) is 6.18. The standard InChI is InChI=1S/C27H31N5O8/c28-18(10-15-6-2-1-3-7-15)24(36)30-20(11-16-13-29-19-9-5-4-8-17(16)19)25(37)32-22(14-33)26(38)31-21(27(39)40)12-23(34)35/h1-9,13,18,20-22,29,33H,10-12,14,28H2,(H,30,36)(H,31,38)(H,32,37)(H,34,35)(H,39,40). The number of hydrogen-bond acceptors (Lipinski definition) is 7. The Balaban J connectivity index is 1.78. The molecule has 0 aliphatic rings. The van der Waals surface area contributed by atoms with Crippen molar-refractivity contribution in [1.29, 1.82) is 0 Å². The van der Waals surface area contributed by atoms with Crippen LogP contribution in [0, 0.1) is 0 Å². The summed E-state index contributed by atoms with van der Waals surface area (Å²) in [4.78, 5) is 64.2. The van der Waals surface area contributed by atoms with Crippen molar-refractivity contribution in [2.75, 3.05) is 6.61 Å². The number of carbonyl (C=O) groups excluding carboxylic acids is 3. The van der Waals surface area contributed by atoms with Crippen molar-refractivity contribution in [3.8, 4) is 0 Å². The van der Waals surface area contributed by atoms with Gasteiger partial charge in [0.15, 0.2) is 0 Å². The summed E-state index contributed by atoms with van der Waals surface area (Å²) in [7, 11) is 0. The number of carboxylic acid groups (broad SMARTS) is 2. The van der Waals surface area contributed by atoms with Gasteiger partial charge in [0, 0.05) is 23.5 Å². The number of aromatic amines is 1. The number of aliphatic carboxylic acids is 2. The van der Waals surface area contributed by atoms with E-state index < -0.39 is 66.9 Å². The van der Waals surface area contributed by atoms with E-state index >= 15 is 0 Å². The van der Waals surface area contributed by atoms with Crippen LogP contribution >= 0.6 is 0 Å². The van der Waals surface area contributed by atoms with Crippen molar-refractivity contribution >= 4 is 40.6 Å². The number of aromatic nitrogens is 1. The first-order chi connectivity index (χ1) is 19.1. The van der Waals surface area contributed by atoms with Crippen molar-refractivity contribution < 1.29 is 39.3 Å². The summed E-state index contributed by atoms with van der Waals surface area (Å²) in [5.74, 6) is -5.64. The summed E-state index contributed by atoms with van der Waals surface area (Å²) < 4.78 is 0. The van der Waals surface area contributed by atoms with Crippen LogP contribution in [0.4, 0.5) is 0 Å². The number of para-hydroxylation sites is 1. The maximum absolute atomic E-state index is 13.3. The van der Waals surface area contributed by atoms with E-state index in [-0.39, 0.29) is 12.8 Å². The Morgan fingerprint density at radius 3 is 2.02 bits per heavy atom. The van der Waals surface area contributed by atoms with Gasteiger partial charge in [0.25, 0.3) is 0 Å². The fourth-order valence-electron chi connectivity index (χ4n) is 4.08. The first-order valence-electron chi connectivity index (χ1n) is 12.4. The zero-order valence-electron chi connectivity index (χ0n) is 21.4. The van der Waals surface area contributed by atoms with Crippen molar-refractivity contribution in [3.05, 3.63) is 71.9 Å². The van der Waals surface area contributed by atoms with Crippen LogP contribution in [0.15, 0.2) is 60.8 Å². The van der Waals surface area contributed by atoms with Gasteiger partial charge in [0.05, 0.1) is 19.1 Å². The highest BCUT2D eigenvalue weighted by Gasteiger charge is 2.31. The molecule has 0 aliphatic carbocycles. The second-order valence-corrected chi connectivity index (χ2v) is 9.16. The molecule has 4 atom stereocenters. The summed E-state index contributed by atoms with van der Waals surface area (Å²) in [6, 6.07) is 10.7. The highest BCUT2D eigenvalue weighted by atomic mass is 16.4. The Hall–Kier alpha value is -4.75. The number of carbonyl (C=O) groups is 5. The molecule has 9 N–H and O–H groups in total.